The van der Waals surface area contributed by atoms with Crippen LogP contribution in [0.1, 0.15) is 12.0 Å². The smallest absolute Gasteiger partial charge is 0.372 e. The molecular weight excluding hydrogens is 300 g/mol. The Hall–Kier alpha value is -0.890. The molecule has 0 amide bonds. The van der Waals surface area contributed by atoms with Gasteiger partial charge in [-0.05, 0) is 24.5 Å². The Kier molecular flexibility index (Phi) is 6.67. The van der Waals surface area contributed by atoms with Crippen molar-refractivity contribution in [2.24, 2.45) is 5.84 Å². The minimum atomic E-state index is -4.36. The third-order valence-electron chi connectivity index (χ3n) is 2.61. The summed E-state index contributed by atoms with van der Waals surface area (Å²) in [5.41, 5.74) is 2.77. The van der Waals surface area contributed by atoms with Gasteiger partial charge in [-0.3, -0.25) is 11.3 Å². The number of hydrogen-bond donors (Lipinski definition) is 2. The fourth-order valence-electron chi connectivity index (χ4n) is 1.63. The van der Waals surface area contributed by atoms with Gasteiger partial charge in [0.1, 0.15) is 12.4 Å². The van der Waals surface area contributed by atoms with Crippen LogP contribution >= 0.6 is 11.6 Å². The van der Waals surface area contributed by atoms with Crippen molar-refractivity contribution in [3.8, 4) is 0 Å². The van der Waals surface area contributed by atoms with E-state index in [1.165, 1.54) is 6.07 Å². The van der Waals surface area contributed by atoms with Gasteiger partial charge in [0.25, 0.3) is 0 Å². The number of ether oxygens (including phenoxy) is 1. The number of halogens is 5. The largest absolute Gasteiger partial charge is 0.411 e. The predicted molar refractivity (Wildman–Crippen MR) is 67.7 cm³/mol. The molecule has 0 radical (unpaired) electrons. The normalized spacial score (nSPS) is 13.5. The quantitative estimate of drug-likeness (QED) is 0.352. The third-order valence-corrected chi connectivity index (χ3v) is 2.90. The monoisotopic (exact) mass is 314 g/mol. The summed E-state index contributed by atoms with van der Waals surface area (Å²) in [5.74, 6) is 4.74. The van der Waals surface area contributed by atoms with Crippen LogP contribution in [0.25, 0.3) is 0 Å². The molecule has 0 saturated carbocycles. The minimum Gasteiger partial charge on any atom is -0.372 e. The number of nitrogens with one attached hydrogen (secondary N) is 1. The second kappa shape index (κ2) is 7.78. The van der Waals surface area contributed by atoms with Crippen LogP contribution in [-0.4, -0.2) is 25.4 Å². The van der Waals surface area contributed by atoms with Crippen LogP contribution in [0.3, 0.4) is 0 Å². The Morgan fingerprint density at radius 3 is 2.65 bits per heavy atom. The number of hydrogen-bond acceptors (Lipinski definition) is 3. The van der Waals surface area contributed by atoms with E-state index in [0.717, 1.165) is 0 Å². The molecule has 1 aromatic carbocycles. The molecule has 1 unspecified atom stereocenters. The van der Waals surface area contributed by atoms with E-state index in [1.54, 1.807) is 12.1 Å². The third kappa shape index (κ3) is 6.04. The second-order valence-corrected chi connectivity index (χ2v) is 4.64. The highest BCUT2D eigenvalue weighted by Crippen LogP contribution is 2.20. The predicted octanol–water partition coefficient (Wildman–Crippen LogP) is 2.82. The van der Waals surface area contributed by atoms with E-state index < -0.39 is 24.6 Å². The van der Waals surface area contributed by atoms with Crippen molar-refractivity contribution < 1.29 is 22.3 Å². The molecule has 1 atom stereocenters. The Labute approximate surface area is 119 Å². The molecule has 1 aromatic rings. The fourth-order valence-corrected chi connectivity index (χ4v) is 1.82. The van der Waals surface area contributed by atoms with Gasteiger partial charge in [0.05, 0.1) is 5.02 Å². The number of benzene rings is 1. The van der Waals surface area contributed by atoms with Gasteiger partial charge in [0.15, 0.2) is 0 Å². The molecule has 0 heterocycles. The molecule has 0 aliphatic rings. The van der Waals surface area contributed by atoms with E-state index in [4.69, 9.17) is 17.4 Å². The first-order valence-electron chi connectivity index (χ1n) is 5.87. The number of hydrazine groups is 1. The Bertz CT molecular complexity index is 428. The van der Waals surface area contributed by atoms with Crippen LogP contribution in [0.15, 0.2) is 18.2 Å². The molecule has 0 fully saturated rings. The van der Waals surface area contributed by atoms with Crippen LogP contribution in [0.5, 0.6) is 0 Å². The molecule has 0 aromatic heterocycles. The van der Waals surface area contributed by atoms with Crippen molar-refractivity contribution in [2.45, 2.75) is 25.1 Å². The van der Waals surface area contributed by atoms with Gasteiger partial charge in [-0.15, -0.1) is 0 Å². The van der Waals surface area contributed by atoms with Crippen molar-refractivity contribution in [1.82, 2.24) is 5.43 Å². The van der Waals surface area contributed by atoms with E-state index in [9.17, 15) is 17.6 Å². The van der Waals surface area contributed by atoms with Gasteiger partial charge in [-0.25, -0.2) is 4.39 Å². The molecule has 0 bridgehead atoms. The molecule has 1 rings (SSSR count). The summed E-state index contributed by atoms with van der Waals surface area (Å²) in [6, 6.07) is 4.14. The lowest BCUT2D eigenvalue weighted by atomic mass is 10.0. The Balaban J connectivity index is 2.45. The lowest BCUT2D eigenvalue weighted by molar-refractivity contribution is -0.174. The summed E-state index contributed by atoms with van der Waals surface area (Å²) < 4.78 is 53.8. The second-order valence-electron chi connectivity index (χ2n) is 4.24. The van der Waals surface area contributed by atoms with Gasteiger partial charge in [-0.2, -0.15) is 13.2 Å². The molecular formula is C12H15ClF4N2O. The van der Waals surface area contributed by atoms with Crippen LogP contribution in [0, 0.1) is 5.82 Å². The molecule has 0 aliphatic heterocycles. The molecule has 3 nitrogen and oxygen atoms in total. The first-order valence-corrected chi connectivity index (χ1v) is 6.25. The lowest BCUT2D eigenvalue weighted by Gasteiger charge is -2.17. The molecule has 0 spiro atoms. The Morgan fingerprint density at radius 2 is 2.05 bits per heavy atom. The number of rotatable bonds is 7. The average molecular weight is 315 g/mol. The van der Waals surface area contributed by atoms with E-state index in [1.807, 2.05) is 0 Å². The van der Waals surface area contributed by atoms with Crippen molar-refractivity contribution in [1.29, 1.82) is 0 Å². The van der Waals surface area contributed by atoms with Crippen molar-refractivity contribution in [3.63, 3.8) is 0 Å². The summed E-state index contributed by atoms with van der Waals surface area (Å²) in [5, 5.41) is -0.00778. The van der Waals surface area contributed by atoms with Crippen LogP contribution in [-0.2, 0) is 11.2 Å². The van der Waals surface area contributed by atoms with E-state index in [-0.39, 0.29) is 24.5 Å². The maximum Gasteiger partial charge on any atom is 0.411 e. The highest BCUT2D eigenvalue weighted by Gasteiger charge is 2.27. The zero-order valence-corrected chi connectivity index (χ0v) is 11.3. The van der Waals surface area contributed by atoms with Crippen LogP contribution < -0.4 is 11.3 Å². The summed E-state index contributed by atoms with van der Waals surface area (Å²) in [6.07, 6.45) is -3.93. The summed E-state index contributed by atoms with van der Waals surface area (Å²) in [4.78, 5) is 0. The highest BCUT2D eigenvalue weighted by molar-refractivity contribution is 6.30. The summed E-state index contributed by atoms with van der Waals surface area (Å²) in [6.45, 7) is -1.44. The molecule has 114 valence electrons. The van der Waals surface area contributed by atoms with Crippen LogP contribution in [0.2, 0.25) is 5.02 Å². The topological polar surface area (TPSA) is 47.3 Å². The van der Waals surface area contributed by atoms with E-state index in [0.29, 0.717) is 5.56 Å². The fraction of sp³-hybridized carbons (Fsp3) is 0.500. The van der Waals surface area contributed by atoms with Crippen molar-refractivity contribution in [3.05, 3.63) is 34.6 Å². The van der Waals surface area contributed by atoms with Crippen LogP contribution in [0.4, 0.5) is 17.6 Å². The van der Waals surface area contributed by atoms with Gasteiger partial charge < -0.3 is 4.74 Å². The van der Waals surface area contributed by atoms with Crippen molar-refractivity contribution >= 4 is 11.6 Å². The van der Waals surface area contributed by atoms with E-state index >= 15 is 0 Å². The minimum absolute atomic E-state index is 0.00778. The summed E-state index contributed by atoms with van der Waals surface area (Å²) in [7, 11) is 0. The maximum atomic E-state index is 13.7. The first kappa shape index (κ1) is 17.2. The Morgan fingerprint density at radius 1 is 1.35 bits per heavy atom. The SMILES string of the molecule is NNC(CCOCC(F)(F)F)Cc1cccc(Cl)c1F. The molecule has 0 aliphatic carbocycles. The zero-order valence-electron chi connectivity index (χ0n) is 10.5. The van der Waals surface area contributed by atoms with Gasteiger partial charge in [0.2, 0.25) is 0 Å². The summed E-state index contributed by atoms with van der Waals surface area (Å²) >= 11 is 5.64. The molecule has 20 heavy (non-hydrogen) atoms. The highest BCUT2D eigenvalue weighted by atomic mass is 35.5. The lowest BCUT2D eigenvalue weighted by Crippen LogP contribution is -2.38. The molecule has 0 saturated heterocycles. The number of alkyl halides is 3. The van der Waals surface area contributed by atoms with Gasteiger partial charge >= 0.3 is 6.18 Å². The maximum absolute atomic E-state index is 13.7. The first-order chi connectivity index (χ1) is 9.33. The average Bonchev–Trinajstić information content (AvgIpc) is 2.37. The standard InChI is InChI=1S/C12H15ClF4N2O/c13-10-3-1-2-8(11(10)14)6-9(19-18)4-5-20-7-12(15,16)17/h1-3,9,19H,4-7,18H2. The molecule has 3 N–H and O–H groups in total. The van der Waals surface area contributed by atoms with Gasteiger partial charge in [0, 0.05) is 12.6 Å². The zero-order chi connectivity index (χ0) is 15.2. The van der Waals surface area contributed by atoms with Crippen molar-refractivity contribution in [2.75, 3.05) is 13.2 Å². The molecule has 8 heteroatoms. The van der Waals surface area contributed by atoms with Gasteiger partial charge in [-0.1, -0.05) is 23.7 Å². The van der Waals surface area contributed by atoms with E-state index in [2.05, 4.69) is 10.2 Å². The number of nitrogens with two attached hydrogens (primary N) is 1.